The third-order valence-electron chi connectivity index (χ3n) is 10.1. The molecule has 0 aromatic carbocycles. The van der Waals surface area contributed by atoms with Crippen LogP contribution >= 0.6 is 0 Å². The molecule has 7 aliphatic rings. The van der Waals surface area contributed by atoms with E-state index in [1.165, 1.54) is 64.5 Å². The summed E-state index contributed by atoms with van der Waals surface area (Å²) < 4.78 is 0. The normalized spacial score (nSPS) is 53.4. The zero-order valence-corrected chi connectivity index (χ0v) is 17.7. The molecule has 0 amide bonds. The fourth-order valence-electron chi connectivity index (χ4n) is 9.57. The first-order valence-electron chi connectivity index (χ1n) is 12.3. The Balaban J connectivity index is 1.22. The fourth-order valence-corrected chi connectivity index (χ4v) is 9.57. The van der Waals surface area contributed by atoms with Crippen LogP contribution in [0.2, 0.25) is 0 Å². The summed E-state index contributed by atoms with van der Waals surface area (Å²) in [6.07, 6.45) is 23.0. The van der Waals surface area contributed by atoms with Gasteiger partial charge >= 0.3 is 0 Å². The van der Waals surface area contributed by atoms with E-state index < -0.39 is 0 Å². The van der Waals surface area contributed by atoms with Crippen LogP contribution in [0.25, 0.3) is 0 Å². The SMILES string of the molecule is CCC1(N2C=CN(C34CC5CC(CC(C5)C3)C4)C2)CC2CC(C)CC(C2)C1. The first-order chi connectivity index (χ1) is 13.1. The van der Waals surface area contributed by atoms with E-state index in [4.69, 9.17) is 0 Å². The van der Waals surface area contributed by atoms with Gasteiger partial charge in [-0.3, -0.25) is 0 Å². The van der Waals surface area contributed by atoms with Crippen molar-refractivity contribution in [1.82, 2.24) is 9.80 Å². The molecule has 7 rings (SSSR count). The highest BCUT2D eigenvalue weighted by Gasteiger charge is 2.55. The van der Waals surface area contributed by atoms with Gasteiger partial charge < -0.3 is 9.80 Å². The number of rotatable bonds is 3. The molecule has 2 atom stereocenters. The average Bonchev–Trinajstić information content (AvgIpc) is 3.11. The van der Waals surface area contributed by atoms with E-state index in [2.05, 4.69) is 36.0 Å². The third kappa shape index (κ3) is 2.64. The van der Waals surface area contributed by atoms with Gasteiger partial charge in [-0.2, -0.15) is 0 Å². The highest BCUT2D eigenvalue weighted by Crippen LogP contribution is 2.59. The van der Waals surface area contributed by atoms with Gasteiger partial charge in [0, 0.05) is 23.5 Å². The zero-order valence-electron chi connectivity index (χ0n) is 17.7. The van der Waals surface area contributed by atoms with Crippen molar-refractivity contribution in [3.63, 3.8) is 0 Å². The van der Waals surface area contributed by atoms with Crippen LogP contribution in [-0.2, 0) is 0 Å². The Labute approximate surface area is 166 Å². The Bertz CT molecular complexity index is 569. The molecule has 0 N–H and O–H groups in total. The molecule has 0 aromatic rings. The molecule has 6 bridgehead atoms. The second-order valence-corrected chi connectivity index (χ2v) is 12.1. The lowest BCUT2D eigenvalue weighted by atomic mass is 9.52. The monoisotopic (exact) mass is 368 g/mol. The second-order valence-electron chi connectivity index (χ2n) is 12.1. The molecule has 0 aromatic heterocycles. The van der Waals surface area contributed by atoms with Crippen molar-refractivity contribution in [2.24, 2.45) is 35.5 Å². The zero-order chi connectivity index (χ0) is 18.2. The molecule has 2 unspecified atom stereocenters. The summed E-state index contributed by atoms with van der Waals surface area (Å²) in [5.41, 5.74) is 0.995. The standard InChI is InChI=1S/C25H40N2/c1-3-24(12-19-6-18(2)7-20(8-19)13-24)26-4-5-27(17-26)25-14-21-9-22(15-25)11-23(10-21)16-25/h4-5,18-23H,3,6-17H2,1-2H3. The van der Waals surface area contributed by atoms with Crippen molar-refractivity contribution >= 4 is 0 Å². The van der Waals surface area contributed by atoms with Gasteiger partial charge in [-0.25, -0.2) is 0 Å². The van der Waals surface area contributed by atoms with Crippen LogP contribution in [0.3, 0.4) is 0 Å². The number of hydrogen-bond donors (Lipinski definition) is 0. The van der Waals surface area contributed by atoms with Crippen molar-refractivity contribution in [3.05, 3.63) is 12.4 Å². The molecular formula is C25H40N2. The van der Waals surface area contributed by atoms with Crippen LogP contribution in [0, 0.1) is 35.5 Å². The fraction of sp³-hybridized carbons (Fsp3) is 0.920. The van der Waals surface area contributed by atoms with Crippen LogP contribution < -0.4 is 0 Å². The quantitative estimate of drug-likeness (QED) is 0.603. The highest BCUT2D eigenvalue weighted by atomic mass is 15.4. The van der Waals surface area contributed by atoms with Crippen LogP contribution in [0.5, 0.6) is 0 Å². The van der Waals surface area contributed by atoms with Gasteiger partial charge in [0.25, 0.3) is 0 Å². The summed E-state index contributed by atoms with van der Waals surface area (Å²) in [5, 5.41) is 0. The van der Waals surface area contributed by atoms with Gasteiger partial charge in [-0.1, -0.05) is 13.8 Å². The van der Waals surface area contributed by atoms with E-state index in [0.717, 1.165) is 35.5 Å². The number of hydrogen-bond acceptors (Lipinski definition) is 2. The van der Waals surface area contributed by atoms with Gasteiger partial charge in [0.1, 0.15) is 0 Å². The predicted molar refractivity (Wildman–Crippen MR) is 111 cm³/mol. The topological polar surface area (TPSA) is 6.48 Å². The molecule has 1 aliphatic heterocycles. The van der Waals surface area contributed by atoms with Gasteiger partial charge in [0.2, 0.25) is 0 Å². The predicted octanol–water partition coefficient (Wildman–Crippen LogP) is 6.00. The van der Waals surface area contributed by atoms with E-state index in [-0.39, 0.29) is 0 Å². The maximum atomic E-state index is 2.85. The van der Waals surface area contributed by atoms with E-state index in [0.29, 0.717) is 11.1 Å². The minimum absolute atomic E-state index is 0.460. The summed E-state index contributed by atoms with van der Waals surface area (Å²) >= 11 is 0. The van der Waals surface area contributed by atoms with Crippen molar-refractivity contribution in [2.75, 3.05) is 6.67 Å². The van der Waals surface area contributed by atoms with Gasteiger partial charge in [0.15, 0.2) is 0 Å². The molecule has 0 radical (unpaired) electrons. The Hall–Kier alpha value is -0.660. The molecule has 1 heterocycles. The summed E-state index contributed by atoms with van der Waals surface area (Å²) in [7, 11) is 0. The second kappa shape index (κ2) is 5.92. The highest BCUT2D eigenvalue weighted by molar-refractivity contribution is 5.14. The van der Waals surface area contributed by atoms with Gasteiger partial charge in [-0.15, -0.1) is 0 Å². The number of fused-ring (bicyclic) bond motifs is 2. The summed E-state index contributed by atoms with van der Waals surface area (Å²) in [6, 6.07) is 0. The molecule has 0 saturated heterocycles. The maximum absolute atomic E-state index is 2.85. The van der Waals surface area contributed by atoms with Crippen molar-refractivity contribution in [3.8, 4) is 0 Å². The lowest BCUT2D eigenvalue weighted by molar-refractivity contribution is -0.0876. The van der Waals surface area contributed by atoms with E-state index in [1.54, 1.807) is 19.3 Å². The van der Waals surface area contributed by atoms with Crippen LogP contribution in [0.4, 0.5) is 0 Å². The number of nitrogens with zero attached hydrogens (tertiary/aromatic N) is 2. The lowest BCUT2D eigenvalue weighted by Crippen LogP contribution is -2.60. The smallest absolute Gasteiger partial charge is 0.0904 e. The minimum atomic E-state index is 0.460. The van der Waals surface area contributed by atoms with Crippen LogP contribution in [0.1, 0.15) is 90.9 Å². The van der Waals surface area contributed by atoms with E-state index in [9.17, 15) is 0 Å². The third-order valence-corrected chi connectivity index (χ3v) is 10.1. The molecule has 6 saturated carbocycles. The Kier molecular flexibility index (Phi) is 3.78. The van der Waals surface area contributed by atoms with Gasteiger partial charge in [-0.05, 0) is 113 Å². The van der Waals surface area contributed by atoms with Crippen LogP contribution in [-0.4, -0.2) is 27.5 Å². The van der Waals surface area contributed by atoms with E-state index in [1.807, 2.05) is 0 Å². The average molecular weight is 369 g/mol. The molecule has 2 nitrogen and oxygen atoms in total. The van der Waals surface area contributed by atoms with Crippen molar-refractivity contribution in [2.45, 2.75) is 102 Å². The summed E-state index contributed by atoms with van der Waals surface area (Å²) in [5.74, 6) is 6.11. The largest absolute Gasteiger partial charge is 0.353 e. The molecule has 2 heteroatoms. The molecule has 27 heavy (non-hydrogen) atoms. The first-order valence-corrected chi connectivity index (χ1v) is 12.3. The Morgan fingerprint density at radius 2 is 1.19 bits per heavy atom. The Morgan fingerprint density at radius 1 is 0.704 bits per heavy atom. The molecular weight excluding hydrogens is 328 g/mol. The van der Waals surface area contributed by atoms with Gasteiger partial charge in [0.05, 0.1) is 6.67 Å². The molecule has 6 fully saturated rings. The maximum Gasteiger partial charge on any atom is 0.0904 e. The van der Waals surface area contributed by atoms with E-state index >= 15 is 0 Å². The summed E-state index contributed by atoms with van der Waals surface area (Å²) in [4.78, 5) is 5.68. The van der Waals surface area contributed by atoms with Crippen LogP contribution in [0.15, 0.2) is 12.4 Å². The molecule has 0 spiro atoms. The molecule has 150 valence electrons. The lowest BCUT2D eigenvalue weighted by Gasteiger charge is -2.60. The molecule has 6 aliphatic carbocycles. The first kappa shape index (κ1) is 17.2. The summed E-state index contributed by atoms with van der Waals surface area (Å²) in [6.45, 7) is 6.18. The van der Waals surface area contributed by atoms with Crippen molar-refractivity contribution < 1.29 is 0 Å². The Morgan fingerprint density at radius 3 is 1.70 bits per heavy atom. The minimum Gasteiger partial charge on any atom is -0.353 e. The van der Waals surface area contributed by atoms with Crippen molar-refractivity contribution in [1.29, 1.82) is 0 Å².